The summed E-state index contributed by atoms with van der Waals surface area (Å²) in [4.78, 5) is 0. The van der Waals surface area contributed by atoms with Crippen molar-refractivity contribution in [1.82, 2.24) is 19.6 Å². The lowest BCUT2D eigenvalue weighted by Crippen LogP contribution is -2.18. The van der Waals surface area contributed by atoms with Crippen molar-refractivity contribution >= 4 is 0 Å². The summed E-state index contributed by atoms with van der Waals surface area (Å²) in [5.41, 5.74) is 0.971. The highest BCUT2D eigenvalue weighted by molar-refractivity contribution is 5.23. The van der Waals surface area contributed by atoms with Crippen molar-refractivity contribution in [3.63, 3.8) is 0 Å². The van der Waals surface area contributed by atoms with E-state index in [1.807, 2.05) is 29.3 Å². The van der Waals surface area contributed by atoms with Gasteiger partial charge in [0.25, 0.3) is 0 Å². The second kappa shape index (κ2) is 4.09. The molecule has 0 aliphatic carbocycles. The van der Waals surface area contributed by atoms with Gasteiger partial charge >= 0.3 is 0 Å². The number of hydrogen-bond donors (Lipinski definition) is 0. The highest BCUT2D eigenvalue weighted by atomic mass is 16.5. The van der Waals surface area contributed by atoms with Gasteiger partial charge in [-0.15, -0.1) is 0 Å². The van der Waals surface area contributed by atoms with Crippen LogP contribution < -0.4 is 0 Å². The fraction of sp³-hybridized carbons (Fsp3) is 0.455. The molecule has 0 saturated carbocycles. The molecule has 84 valence electrons. The lowest BCUT2D eigenvalue weighted by molar-refractivity contribution is -0.0394. The molecule has 16 heavy (non-hydrogen) atoms. The zero-order valence-electron chi connectivity index (χ0n) is 8.99. The van der Waals surface area contributed by atoms with Crippen LogP contribution in [-0.2, 0) is 4.74 Å². The minimum absolute atomic E-state index is 0.0954. The van der Waals surface area contributed by atoms with E-state index in [1.54, 1.807) is 10.9 Å². The van der Waals surface area contributed by atoms with Crippen LogP contribution in [0, 0.1) is 0 Å². The molecule has 5 nitrogen and oxygen atoms in total. The van der Waals surface area contributed by atoms with Gasteiger partial charge in [-0.2, -0.15) is 10.2 Å². The molecule has 1 atom stereocenters. The van der Waals surface area contributed by atoms with E-state index in [9.17, 15) is 0 Å². The van der Waals surface area contributed by atoms with Gasteiger partial charge in [-0.05, 0) is 25.3 Å². The standard InChI is InChI=1S/C11H14N4O/c1-2-7-16-11(4-1)15-9-10(8-13-15)14-6-3-5-12-14/h3,5-6,8-9,11H,1-2,4,7H2. The monoisotopic (exact) mass is 218 g/mol. The largest absolute Gasteiger partial charge is 0.357 e. The maximum absolute atomic E-state index is 5.67. The Morgan fingerprint density at radius 1 is 1.31 bits per heavy atom. The van der Waals surface area contributed by atoms with E-state index in [-0.39, 0.29) is 6.23 Å². The summed E-state index contributed by atoms with van der Waals surface area (Å²) in [7, 11) is 0. The van der Waals surface area contributed by atoms with Gasteiger partial charge < -0.3 is 4.74 Å². The Hall–Kier alpha value is -1.62. The molecule has 1 aliphatic heterocycles. The Kier molecular flexibility index (Phi) is 2.46. The fourth-order valence-electron chi connectivity index (χ4n) is 1.96. The first-order valence-electron chi connectivity index (χ1n) is 5.59. The number of aromatic nitrogens is 4. The van der Waals surface area contributed by atoms with Crippen LogP contribution in [0.4, 0.5) is 0 Å². The second-order valence-electron chi connectivity index (χ2n) is 3.95. The molecule has 1 fully saturated rings. The smallest absolute Gasteiger partial charge is 0.150 e. The number of ether oxygens (including phenoxy) is 1. The van der Waals surface area contributed by atoms with Gasteiger partial charge in [-0.3, -0.25) is 0 Å². The zero-order valence-corrected chi connectivity index (χ0v) is 8.99. The van der Waals surface area contributed by atoms with Gasteiger partial charge in [0.1, 0.15) is 11.9 Å². The van der Waals surface area contributed by atoms with Gasteiger partial charge in [0.2, 0.25) is 0 Å². The Morgan fingerprint density at radius 3 is 3.06 bits per heavy atom. The SMILES string of the molecule is c1cnn(-c2cnn(C3CCCCO3)c2)c1. The van der Waals surface area contributed by atoms with Crippen molar-refractivity contribution in [3.8, 4) is 5.69 Å². The molecule has 1 aliphatic rings. The molecule has 0 spiro atoms. The molecule has 3 heterocycles. The summed E-state index contributed by atoms with van der Waals surface area (Å²) in [6.45, 7) is 0.835. The molecule has 2 aromatic rings. The molecule has 1 saturated heterocycles. The quantitative estimate of drug-likeness (QED) is 0.771. The molecule has 0 radical (unpaired) electrons. The van der Waals surface area contributed by atoms with Crippen LogP contribution in [0.1, 0.15) is 25.5 Å². The van der Waals surface area contributed by atoms with E-state index in [4.69, 9.17) is 4.74 Å². The number of rotatable bonds is 2. The average molecular weight is 218 g/mol. The molecule has 0 N–H and O–H groups in total. The highest BCUT2D eigenvalue weighted by Gasteiger charge is 2.16. The third-order valence-electron chi connectivity index (χ3n) is 2.81. The summed E-state index contributed by atoms with van der Waals surface area (Å²) in [6.07, 6.45) is 11.0. The summed E-state index contributed by atoms with van der Waals surface area (Å²) >= 11 is 0. The third kappa shape index (κ3) is 1.74. The van der Waals surface area contributed by atoms with Gasteiger partial charge in [-0.25, -0.2) is 9.36 Å². The lowest BCUT2D eigenvalue weighted by atomic mass is 10.2. The minimum atomic E-state index is 0.0954. The van der Waals surface area contributed by atoms with Crippen LogP contribution in [0.15, 0.2) is 30.9 Å². The maximum atomic E-state index is 5.67. The molecule has 3 rings (SSSR count). The first kappa shape index (κ1) is 9.59. The van der Waals surface area contributed by atoms with E-state index >= 15 is 0 Å². The van der Waals surface area contributed by atoms with E-state index in [0.717, 1.165) is 25.1 Å². The maximum Gasteiger partial charge on any atom is 0.150 e. The molecule has 2 aromatic heterocycles. The first-order chi connectivity index (χ1) is 7.93. The van der Waals surface area contributed by atoms with E-state index in [1.165, 1.54) is 6.42 Å². The van der Waals surface area contributed by atoms with Crippen LogP contribution in [0.2, 0.25) is 0 Å². The van der Waals surface area contributed by atoms with Crippen molar-refractivity contribution in [2.75, 3.05) is 6.61 Å². The Morgan fingerprint density at radius 2 is 2.31 bits per heavy atom. The van der Waals surface area contributed by atoms with Crippen LogP contribution in [0.25, 0.3) is 5.69 Å². The second-order valence-corrected chi connectivity index (χ2v) is 3.95. The molecule has 0 amide bonds. The summed E-state index contributed by atoms with van der Waals surface area (Å²) in [5, 5.41) is 8.49. The van der Waals surface area contributed by atoms with Gasteiger partial charge in [-0.1, -0.05) is 0 Å². The van der Waals surface area contributed by atoms with Gasteiger partial charge in [0.05, 0.1) is 12.4 Å². The summed E-state index contributed by atoms with van der Waals surface area (Å²) in [5.74, 6) is 0. The van der Waals surface area contributed by atoms with Crippen LogP contribution in [0.5, 0.6) is 0 Å². The molecular formula is C11H14N4O. The highest BCUT2D eigenvalue weighted by Crippen LogP contribution is 2.22. The van der Waals surface area contributed by atoms with E-state index in [0.29, 0.717) is 0 Å². The molecule has 0 bridgehead atoms. The normalized spacial score (nSPS) is 21.1. The van der Waals surface area contributed by atoms with Crippen LogP contribution in [0.3, 0.4) is 0 Å². The van der Waals surface area contributed by atoms with Gasteiger partial charge in [0.15, 0.2) is 0 Å². The molecule has 0 aromatic carbocycles. The average Bonchev–Trinajstić information content (AvgIpc) is 3.01. The minimum Gasteiger partial charge on any atom is -0.357 e. The van der Waals surface area contributed by atoms with Crippen molar-refractivity contribution in [2.45, 2.75) is 25.5 Å². The lowest BCUT2D eigenvalue weighted by Gasteiger charge is -2.22. The summed E-state index contributed by atoms with van der Waals surface area (Å²) < 4.78 is 9.35. The van der Waals surface area contributed by atoms with Crippen LogP contribution in [-0.4, -0.2) is 26.2 Å². The Balaban J connectivity index is 1.82. The van der Waals surface area contributed by atoms with Crippen molar-refractivity contribution in [1.29, 1.82) is 0 Å². The Bertz CT molecular complexity index is 442. The molecule has 5 heteroatoms. The van der Waals surface area contributed by atoms with E-state index < -0.39 is 0 Å². The third-order valence-corrected chi connectivity index (χ3v) is 2.81. The van der Waals surface area contributed by atoms with Crippen LogP contribution >= 0.6 is 0 Å². The topological polar surface area (TPSA) is 44.9 Å². The predicted octanol–water partition coefficient (Wildman–Crippen LogP) is 1.77. The van der Waals surface area contributed by atoms with Crippen molar-refractivity contribution in [2.24, 2.45) is 0 Å². The van der Waals surface area contributed by atoms with E-state index in [2.05, 4.69) is 10.2 Å². The predicted molar refractivity (Wildman–Crippen MR) is 58.2 cm³/mol. The van der Waals surface area contributed by atoms with Gasteiger partial charge in [0, 0.05) is 19.0 Å². The molecule has 1 unspecified atom stereocenters. The fourth-order valence-corrected chi connectivity index (χ4v) is 1.96. The zero-order chi connectivity index (χ0) is 10.8. The summed E-state index contributed by atoms with van der Waals surface area (Å²) in [6, 6.07) is 1.90. The molecular weight excluding hydrogens is 204 g/mol. The number of hydrogen-bond acceptors (Lipinski definition) is 3. The Labute approximate surface area is 93.6 Å². The van der Waals surface area contributed by atoms with Crippen molar-refractivity contribution in [3.05, 3.63) is 30.9 Å². The first-order valence-corrected chi connectivity index (χ1v) is 5.59. The number of nitrogens with zero attached hydrogens (tertiary/aromatic N) is 4. The van der Waals surface area contributed by atoms with Crippen molar-refractivity contribution < 1.29 is 4.74 Å².